The summed E-state index contributed by atoms with van der Waals surface area (Å²) in [4.78, 5) is 3.41. The van der Waals surface area contributed by atoms with Gasteiger partial charge in [0.2, 0.25) is 0 Å². The van der Waals surface area contributed by atoms with E-state index in [1.807, 2.05) is 0 Å². The summed E-state index contributed by atoms with van der Waals surface area (Å²) in [6.45, 7) is 4.53. The number of aromatic amines is 1. The molecule has 1 aliphatic rings. The van der Waals surface area contributed by atoms with Crippen LogP contribution in [0.1, 0.15) is 17.5 Å². The molecule has 2 aromatic rings. The molecule has 1 aromatic heterocycles. The molecular formula is C14H18N2. The highest BCUT2D eigenvalue weighted by Gasteiger charge is 2.16. The van der Waals surface area contributed by atoms with Crippen LogP contribution in [0.25, 0.3) is 10.9 Å². The Morgan fingerprint density at radius 2 is 2.31 bits per heavy atom. The van der Waals surface area contributed by atoms with Crippen molar-refractivity contribution in [1.29, 1.82) is 0 Å². The van der Waals surface area contributed by atoms with E-state index in [0.29, 0.717) is 0 Å². The topological polar surface area (TPSA) is 27.8 Å². The fourth-order valence-corrected chi connectivity index (χ4v) is 2.73. The van der Waals surface area contributed by atoms with E-state index in [9.17, 15) is 0 Å². The first-order valence-electron chi connectivity index (χ1n) is 6.11. The molecule has 1 atom stereocenters. The molecule has 0 aliphatic carbocycles. The molecule has 1 aromatic carbocycles. The normalized spacial score (nSPS) is 20.7. The molecule has 2 heteroatoms. The van der Waals surface area contributed by atoms with Gasteiger partial charge in [-0.25, -0.2) is 0 Å². The molecule has 16 heavy (non-hydrogen) atoms. The summed E-state index contributed by atoms with van der Waals surface area (Å²) in [6.07, 6.45) is 4.71. The maximum absolute atomic E-state index is 3.43. The van der Waals surface area contributed by atoms with Gasteiger partial charge in [-0.15, -0.1) is 0 Å². The molecule has 2 nitrogen and oxygen atoms in total. The summed E-state index contributed by atoms with van der Waals surface area (Å²) in [5, 5.41) is 4.84. The quantitative estimate of drug-likeness (QED) is 0.790. The van der Waals surface area contributed by atoms with Gasteiger partial charge >= 0.3 is 0 Å². The monoisotopic (exact) mass is 214 g/mol. The van der Waals surface area contributed by atoms with Crippen LogP contribution >= 0.6 is 0 Å². The highest BCUT2D eigenvalue weighted by atomic mass is 14.9. The second-order valence-electron chi connectivity index (χ2n) is 4.87. The Balaban J connectivity index is 1.94. The minimum absolute atomic E-state index is 0.819. The van der Waals surface area contributed by atoms with Gasteiger partial charge in [-0.1, -0.05) is 18.2 Å². The van der Waals surface area contributed by atoms with E-state index in [1.54, 1.807) is 0 Å². The fraction of sp³-hybridized carbons (Fsp3) is 0.429. The Kier molecular flexibility index (Phi) is 2.44. The molecule has 3 rings (SSSR count). The number of hydrogen-bond donors (Lipinski definition) is 2. The molecule has 1 unspecified atom stereocenters. The lowest BCUT2D eigenvalue weighted by Crippen LogP contribution is -2.10. The van der Waals surface area contributed by atoms with Crippen molar-refractivity contribution in [3.05, 3.63) is 35.5 Å². The average Bonchev–Trinajstić information content (AvgIpc) is 2.90. The molecular weight excluding hydrogens is 196 g/mol. The smallest absolute Gasteiger partial charge is 0.0486 e. The van der Waals surface area contributed by atoms with Crippen LogP contribution in [0, 0.1) is 12.8 Å². The predicted molar refractivity (Wildman–Crippen MR) is 67.7 cm³/mol. The van der Waals surface area contributed by atoms with Crippen LogP contribution in [0.3, 0.4) is 0 Å². The van der Waals surface area contributed by atoms with E-state index in [2.05, 4.69) is 41.6 Å². The molecule has 0 radical (unpaired) electrons. The van der Waals surface area contributed by atoms with Crippen LogP contribution in [-0.2, 0) is 6.42 Å². The molecule has 2 N–H and O–H groups in total. The average molecular weight is 214 g/mol. The third-order valence-corrected chi connectivity index (χ3v) is 3.68. The van der Waals surface area contributed by atoms with Gasteiger partial charge in [0.15, 0.2) is 0 Å². The molecule has 2 heterocycles. The Morgan fingerprint density at radius 3 is 3.12 bits per heavy atom. The maximum atomic E-state index is 3.43. The highest BCUT2D eigenvalue weighted by Crippen LogP contribution is 2.24. The second kappa shape index (κ2) is 3.95. The summed E-state index contributed by atoms with van der Waals surface area (Å²) in [5.41, 5.74) is 4.13. The third-order valence-electron chi connectivity index (χ3n) is 3.68. The first kappa shape index (κ1) is 9.91. The van der Waals surface area contributed by atoms with Crippen LogP contribution in [-0.4, -0.2) is 18.1 Å². The SMILES string of the molecule is Cc1cccc2c(CC3CCNC3)c[nH]c12. The van der Waals surface area contributed by atoms with Gasteiger partial charge in [-0.05, 0) is 49.9 Å². The van der Waals surface area contributed by atoms with Gasteiger partial charge in [0.1, 0.15) is 0 Å². The number of para-hydroxylation sites is 1. The lowest BCUT2D eigenvalue weighted by molar-refractivity contribution is 0.582. The lowest BCUT2D eigenvalue weighted by atomic mass is 9.98. The number of H-pyrrole nitrogens is 1. The first-order valence-corrected chi connectivity index (χ1v) is 6.11. The van der Waals surface area contributed by atoms with E-state index in [4.69, 9.17) is 0 Å². The summed E-state index contributed by atoms with van der Waals surface area (Å²) < 4.78 is 0. The molecule has 0 spiro atoms. The number of benzene rings is 1. The number of fused-ring (bicyclic) bond motifs is 1. The maximum Gasteiger partial charge on any atom is 0.0486 e. The van der Waals surface area contributed by atoms with E-state index >= 15 is 0 Å². The minimum Gasteiger partial charge on any atom is -0.361 e. The summed E-state index contributed by atoms with van der Waals surface area (Å²) >= 11 is 0. The Bertz CT molecular complexity index is 492. The largest absolute Gasteiger partial charge is 0.361 e. The summed E-state index contributed by atoms with van der Waals surface area (Å²) in [7, 11) is 0. The standard InChI is InChI=1S/C14H18N2/c1-10-3-2-4-13-12(9-16-14(10)13)7-11-5-6-15-8-11/h2-4,9,11,15-16H,5-8H2,1H3. The van der Waals surface area contributed by atoms with Crippen LogP contribution in [0.15, 0.2) is 24.4 Å². The van der Waals surface area contributed by atoms with E-state index in [-0.39, 0.29) is 0 Å². The molecule has 0 amide bonds. The van der Waals surface area contributed by atoms with Crippen molar-refractivity contribution < 1.29 is 0 Å². The van der Waals surface area contributed by atoms with Crippen molar-refractivity contribution in [2.24, 2.45) is 5.92 Å². The van der Waals surface area contributed by atoms with Crippen molar-refractivity contribution >= 4 is 10.9 Å². The summed E-state index contributed by atoms with van der Waals surface area (Å²) in [6, 6.07) is 6.55. The van der Waals surface area contributed by atoms with Gasteiger partial charge in [-0.2, -0.15) is 0 Å². The van der Waals surface area contributed by atoms with Gasteiger partial charge in [0.05, 0.1) is 0 Å². The zero-order chi connectivity index (χ0) is 11.0. The number of nitrogens with one attached hydrogen (secondary N) is 2. The highest BCUT2D eigenvalue weighted by molar-refractivity contribution is 5.85. The van der Waals surface area contributed by atoms with E-state index < -0.39 is 0 Å². The van der Waals surface area contributed by atoms with Crippen LogP contribution < -0.4 is 5.32 Å². The predicted octanol–water partition coefficient (Wildman–Crippen LogP) is 2.63. The molecule has 0 bridgehead atoms. The van der Waals surface area contributed by atoms with Crippen LogP contribution in [0.2, 0.25) is 0 Å². The molecule has 1 saturated heterocycles. The number of aryl methyl sites for hydroxylation is 1. The Labute approximate surface area is 96.1 Å². The second-order valence-corrected chi connectivity index (χ2v) is 4.87. The number of rotatable bonds is 2. The first-order chi connectivity index (χ1) is 7.84. The Hall–Kier alpha value is -1.28. The van der Waals surface area contributed by atoms with Gasteiger partial charge < -0.3 is 10.3 Å². The van der Waals surface area contributed by atoms with E-state index in [0.717, 1.165) is 5.92 Å². The Morgan fingerprint density at radius 1 is 1.38 bits per heavy atom. The van der Waals surface area contributed by atoms with Crippen LogP contribution in [0.4, 0.5) is 0 Å². The molecule has 84 valence electrons. The van der Waals surface area contributed by atoms with Gasteiger partial charge in [-0.3, -0.25) is 0 Å². The van der Waals surface area contributed by atoms with Crippen molar-refractivity contribution in [3.63, 3.8) is 0 Å². The zero-order valence-electron chi connectivity index (χ0n) is 9.72. The van der Waals surface area contributed by atoms with Crippen LogP contribution in [0.5, 0.6) is 0 Å². The molecule has 1 fully saturated rings. The summed E-state index contributed by atoms with van der Waals surface area (Å²) in [5.74, 6) is 0.819. The third kappa shape index (κ3) is 1.63. The lowest BCUT2D eigenvalue weighted by Gasteiger charge is -2.06. The van der Waals surface area contributed by atoms with Crippen molar-refractivity contribution in [2.75, 3.05) is 13.1 Å². The number of aromatic nitrogens is 1. The van der Waals surface area contributed by atoms with Crippen molar-refractivity contribution in [3.8, 4) is 0 Å². The van der Waals surface area contributed by atoms with E-state index in [1.165, 1.54) is 48.0 Å². The zero-order valence-corrected chi connectivity index (χ0v) is 9.72. The number of hydrogen-bond acceptors (Lipinski definition) is 1. The fourth-order valence-electron chi connectivity index (χ4n) is 2.73. The van der Waals surface area contributed by atoms with Crippen molar-refractivity contribution in [2.45, 2.75) is 19.8 Å². The van der Waals surface area contributed by atoms with Gasteiger partial charge in [0, 0.05) is 17.1 Å². The van der Waals surface area contributed by atoms with Crippen molar-refractivity contribution in [1.82, 2.24) is 10.3 Å². The minimum atomic E-state index is 0.819. The van der Waals surface area contributed by atoms with Gasteiger partial charge in [0.25, 0.3) is 0 Å². The molecule has 0 saturated carbocycles. The molecule has 1 aliphatic heterocycles.